The molecule has 0 amide bonds. The molecule has 1 unspecified atom stereocenters. The molecule has 2 rings (SSSR count). The number of benzene rings is 1. The summed E-state index contributed by atoms with van der Waals surface area (Å²) in [4.78, 5) is 0. The second-order valence-electron chi connectivity index (χ2n) is 4.13. The fraction of sp³-hybridized carbons (Fsp3) is 0.231. The normalized spacial score (nSPS) is 18.9. The summed E-state index contributed by atoms with van der Waals surface area (Å²) < 4.78 is 19.1. The van der Waals surface area contributed by atoms with Crippen LogP contribution in [0.15, 0.2) is 53.7 Å². The highest BCUT2D eigenvalue weighted by Gasteiger charge is 2.25. The Kier molecular flexibility index (Phi) is 4.17. The summed E-state index contributed by atoms with van der Waals surface area (Å²) in [7, 11) is -1.60. The lowest BCUT2D eigenvalue weighted by Gasteiger charge is -2.19. The van der Waals surface area contributed by atoms with Crippen molar-refractivity contribution >= 4 is 7.12 Å². The summed E-state index contributed by atoms with van der Waals surface area (Å²) in [6.45, 7) is 0.304. The van der Waals surface area contributed by atoms with Gasteiger partial charge in [0.1, 0.15) is 12.4 Å². The van der Waals surface area contributed by atoms with Gasteiger partial charge >= 0.3 is 7.12 Å². The molecule has 0 aliphatic heterocycles. The lowest BCUT2D eigenvalue weighted by molar-refractivity contribution is 0.142. The molecule has 0 spiro atoms. The predicted octanol–water partition coefficient (Wildman–Crippen LogP) is 1.77. The Morgan fingerprint density at radius 1 is 1.22 bits per heavy atom. The molecule has 0 fully saturated rings. The summed E-state index contributed by atoms with van der Waals surface area (Å²) >= 11 is 0. The van der Waals surface area contributed by atoms with E-state index >= 15 is 0 Å². The summed E-state index contributed by atoms with van der Waals surface area (Å²) in [5.41, 5.74) is 1.22. The first-order chi connectivity index (χ1) is 8.66. The van der Waals surface area contributed by atoms with Crippen molar-refractivity contribution in [2.24, 2.45) is 0 Å². The van der Waals surface area contributed by atoms with Crippen LogP contribution in [-0.4, -0.2) is 23.3 Å². The Balaban J connectivity index is 1.98. The average Bonchev–Trinajstić information content (AvgIpc) is 2.38. The molecule has 3 nitrogen and oxygen atoms in total. The molecule has 1 aromatic rings. The number of halogens is 1. The van der Waals surface area contributed by atoms with Gasteiger partial charge in [0.25, 0.3) is 0 Å². The van der Waals surface area contributed by atoms with Crippen LogP contribution in [0.4, 0.5) is 4.39 Å². The minimum Gasteiger partial charge on any atom is -0.490 e. The van der Waals surface area contributed by atoms with E-state index in [4.69, 9.17) is 14.8 Å². The van der Waals surface area contributed by atoms with E-state index < -0.39 is 13.3 Å². The molecule has 1 aliphatic carbocycles. The molecule has 94 valence electrons. The first-order valence-electron chi connectivity index (χ1n) is 5.74. The Morgan fingerprint density at radius 2 is 1.94 bits per heavy atom. The van der Waals surface area contributed by atoms with Gasteiger partial charge in [0, 0.05) is 6.42 Å². The van der Waals surface area contributed by atoms with Crippen LogP contribution in [0.3, 0.4) is 0 Å². The molecular formula is C13H14BFO3. The van der Waals surface area contributed by atoms with Crippen molar-refractivity contribution in [3.63, 3.8) is 0 Å². The highest BCUT2D eigenvalue weighted by atomic mass is 19.1. The van der Waals surface area contributed by atoms with Crippen LogP contribution < -0.4 is 0 Å². The summed E-state index contributed by atoms with van der Waals surface area (Å²) in [6, 6.07) is 9.48. The monoisotopic (exact) mass is 248 g/mol. The van der Waals surface area contributed by atoms with Crippen molar-refractivity contribution in [2.45, 2.75) is 19.2 Å². The van der Waals surface area contributed by atoms with Crippen LogP contribution in [0.25, 0.3) is 0 Å². The van der Waals surface area contributed by atoms with Gasteiger partial charge in [-0.15, -0.1) is 0 Å². The first-order valence-corrected chi connectivity index (χ1v) is 5.74. The molecule has 0 saturated heterocycles. The quantitative estimate of drug-likeness (QED) is 0.798. The van der Waals surface area contributed by atoms with E-state index in [9.17, 15) is 4.39 Å². The van der Waals surface area contributed by atoms with Crippen molar-refractivity contribution in [3.05, 3.63) is 59.3 Å². The Morgan fingerprint density at radius 3 is 2.56 bits per heavy atom. The zero-order valence-electron chi connectivity index (χ0n) is 9.79. The zero-order valence-corrected chi connectivity index (χ0v) is 9.79. The van der Waals surface area contributed by atoms with E-state index in [0.29, 0.717) is 6.61 Å². The number of ether oxygens (including phenoxy) is 1. The minimum atomic E-state index is -1.60. The van der Waals surface area contributed by atoms with Gasteiger partial charge in [0.05, 0.1) is 0 Å². The molecule has 18 heavy (non-hydrogen) atoms. The second kappa shape index (κ2) is 5.84. The standard InChI is InChI=1S/C13H14BFO3/c15-12-8-11(14(16)17)6-7-13(12)18-9-10-4-2-1-3-5-10/h1-7,12,16-17H,8-9H2. The van der Waals surface area contributed by atoms with Crippen molar-refractivity contribution in [1.29, 1.82) is 0 Å². The van der Waals surface area contributed by atoms with Gasteiger partial charge in [-0.3, -0.25) is 0 Å². The maximum atomic E-state index is 13.7. The highest BCUT2D eigenvalue weighted by molar-refractivity contribution is 6.50. The van der Waals surface area contributed by atoms with Crippen molar-refractivity contribution in [3.8, 4) is 0 Å². The van der Waals surface area contributed by atoms with E-state index in [-0.39, 0.29) is 17.7 Å². The van der Waals surface area contributed by atoms with Gasteiger partial charge < -0.3 is 14.8 Å². The molecule has 0 radical (unpaired) electrons. The predicted molar refractivity (Wildman–Crippen MR) is 67.1 cm³/mol. The smallest absolute Gasteiger partial charge is 0.484 e. The average molecular weight is 248 g/mol. The van der Waals surface area contributed by atoms with Crippen LogP contribution in [0.1, 0.15) is 12.0 Å². The second-order valence-corrected chi connectivity index (χ2v) is 4.13. The fourth-order valence-corrected chi connectivity index (χ4v) is 1.74. The number of allylic oxidation sites excluding steroid dienone is 4. The van der Waals surface area contributed by atoms with Crippen LogP contribution >= 0.6 is 0 Å². The maximum absolute atomic E-state index is 13.7. The summed E-state index contributed by atoms with van der Waals surface area (Å²) in [6.07, 6.45) is 1.57. The van der Waals surface area contributed by atoms with Gasteiger partial charge in [-0.25, -0.2) is 4.39 Å². The Labute approximate surface area is 105 Å². The number of hydrogen-bond donors (Lipinski definition) is 2. The minimum absolute atomic E-state index is 0.0434. The molecule has 0 heterocycles. The van der Waals surface area contributed by atoms with Gasteiger partial charge in [0.2, 0.25) is 0 Å². The zero-order chi connectivity index (χ0) is 13.0. The van der Waals surface area contributed by atoms with Crippen LogP contribution in [-0.2, 0) is 11.3 Å². The van der Waals surface area contributed by atoms with Gasteiger partial charge in [-0.05, 0) is 17.1 Å². The topological polar surface area (TPSA) is 49.7 Å². The Bertz CT molecular complexity index is 457. The third kappa shape index (κ3) is 3.21. The molecule has 1 aliphatic rings. The molecule has 1 atom stereocenters. The van der Waals surface area contributed by atoms with Crippen molar-refractivity contribution < 1.29 is 19.2 Å². The summed E-state index contributed by atoms with van der Waals surface area (Å²) in [5, 5.41) is 17.9. The Hall–Kier alpha value is -1.59. The lowest BCUT2D eigenvalue weighted by Crippen LogP contribution is -2.22. The van der Waals surface area contributed by atoms with Crippen molar-refractivity contribution in [2.75, 3.05) is 0 Å². The molecular weight excluding hydrogens is 234 g/mol. The van der Waals surface area contributed by atoms with Crippen LogP contribution in [0, 0.1) is 0 Å². The molecule has 0 saturated carbocycles. The number of rotatable bonds is 4. The number of alkyl halides is 1. The number of hydrogen-bond acceptors (Lipinski definition) is 3. The molecule has 0 aromatic heterocycles. The van der Waals surface area contributed by atoms with E-state index in [2.05, 4.69) is 0 Å². The SMILES string of the molecule is OB(O)C1=CC=C(OCc2ccccc2)C(F)C1. The van der Waals surface area contributed by atoms with E-state index in [1.165, 1.54) is 12.2 Å². The largest absolute Gasteiger partial charge is 0.490 e. The maximum Gasteiger partial charge on any atom is 0.484 e. The first kappa shape index (κ1) is 12.9. The van der Waals surface area contributed by atoms with Gasteiger partial charge in [0.15, 0.2) is 6.17 Å². The van der Waals surface area contributed by atoms with E-state index in [1.807, 2.05) is 30.3 Å². The molecule has 0 bridgehead atoms. The highest BCUT2D eigenvalue weighted by Crippen LogP contribution is 2.24. The van der Waals surface area contributed by atoms with Crippen LogP contribution in [0.2, 0.25) is 0 Å². The van der Waals surface area contributed by atoms with Crippen LogP contribution in [0.5, 0.6) is 0 Å². The summed E-state index contributed by atoms with van der Waals surface area (Å²) in [5.74, 6) is 0.225. The van der Waals surface area contributed by atoms with Gasteiger partial charge in [-0.1, -0.05) is 36.4 Å². The third-order valence-corrected chi connectivity index (χ3v) is 2.77. The fourth-order valence-electron chi connectivity index (χ4n) is 1.74. The molecule has 5 heteroatoms. The molecule has 2 N–H and O–H groups in total. The third-order valence-electron chi connectivity index (χ3n) is 2.77. The molecule has 1 aromatic carbocycles. The van der Waals surface area contributed by atoms with Gasteiger partial charge in [-0.2, -0.15) is 0 Å². The lowest BCUT2D eigenvalue weighted by atomic mass is 9.74. The van der Waals surface area contributed by atoms with E-state index in [1.54, 1.807) is 0 Å². The van der Waals surface area contributed by atoms with Crippen molar-refractivity contribution in [1.82, 2.24) is 0 Å². The van der Waals surface area contributed by atoms with E-state index in [0.717, 1.165) is 5.56 Å².